The second-order valence-corrected chi connectivity index (χ2v) is 4.95. The van der Waals surface area contributed by atoms with Crippen LogP contribution in [-0.2, 0) is 6.42 Å². The van der Waals surface area contributed by atoms with Gasteiger partial charge in [-0.2, -0.15) is 0 Å². The number of benzene rings is 1. The molecule has 2 aliphatic rings. The van der Waals surface area contributed by atoms with Crippen molar-refractivity contribution in [3.05, 3.63) is 23.8 Å². The van der Waals surface area contributed by atoms with Gasteiger partial charge in [-0.25, -0.2) is 0 Å². The van der Waals surface area contributed by atoms with Crippen molar-refractivity contribution in [2.24, 2.45) is 5.92 Å². The number of rotatable bonds is 3. The zero-order valence-corrected chi connectivity index (χ0v) is 9.67. The molecule has 0 amide bonds. The highest BCUT2D eigenvalue weighted by Gasteiger charge is 2.15. The van der Waals surface area contributed by atoms with Crippen LogP contribution in [0.5, 0.6) is 5.75 Å². The van der Waals surface area contributed by atoms with Crippen LogP contribution < -0.4 is 10.1 Å². The third-order valence-electron chi connectivity index (χ3n) is 3.77. The molecule has 16 heavy (non-hydrogen) atoms. The molecule has 1 aliphatic heterocycles. The van der Waals surface area contributed by atoms with Crippen LogP contribution in [0.3, 0.4) is 0 Å². The van der Waals surface area contributed by atoms with Crippen molar-refractivity contribution in [1.82, 2.24) is 0 Å². The summed E-state index contributed by atoms with van der Waals surface area (Å²) in [6.45, 7) is 1.97. The number of anilines is 1. The Hall–Kier alpha value is -1.18. The van der Waals surface area contributed by atoms with E-state index in [-0.39, 0.29) is 0 Å². The minimum atomic E-state index is 0.849. The topological polar surface area (TPSA) is 21.3 Å². The molecule has 1 saturated carbocycles. The summed E-state index contributed by atoms with van der Waals surface area (Å²) in [6.07, 6.45) is 6.69. The fourth-order valence-electron chi connectivity index (χ4n) is 2.75. The SMILES string of the molecule is c1cc2c(cc1NCC1CCCC1)OCC2. The van der Waals surface area contributed by atoms with Crippen molar-refractivity contribution in [2.45, 2.75) is 32.1 Å². The maximum absolute atomic E-state index is 5.57. The summed E-state index contributed by atoms with van der Waals surface area (Å²) in [6, 6.07) is 6.53. The average molecular weight is 217 g/mol. The van der Waals surface area contributed by atoms with Gasteiger partial charge in [-0.1, -0.05) is 18.9 Å². The largest absolute Gasteiger partial charge is 0.493 e. The molecule has 2 heteroatoms. The van der Waals surface area contributed by atoms with Gasteiger partial charge in [0.15, 0.2) is 0 Å². The Bertz CT molecular complexity index is 369. The standard InChI is InChI=1S/C14H19NO/c1-2-4-11(3-1)10-15-13-6-5-12-7-8-16-14(12)9-13/h5-6,9,11,15H,1-4,7-8,10H2. The Morgan fingerprint density at radius 3 is 3.00 bits per heavy atom. The van der Waals surface area contributed by atoms with Gasteiger partial charge >= 0.3 is 0 Å². The lowest BCUT2D eigenvalue weighted by atomic mass is 10.1. The van der Waals surface area contributed by atoms with E-state index in [1.807, 2.05) is 0 Å². The second kappa shape index (κ2) is 4.36. The number of hydrogen-bond acceptors (Lipinski definition) is 2. The normalized spacial score (nSPS) is 19.5. The maximum atomic E-state index is 5.57. The van der Waals surface area contributed by atoms with E-state index < -0.39 is 0 Å². The number of hydrogen-bond donors (Lipinski definition) is 1. The zero-order chi connectivity index (χ0) is 10.8. The van der Waals surface area contributed by atoms with Crippen LogP contribution in [0.25, 0.3) is 0 Å². The van der Waals surface area contributed by atoms with E-state index in [2.05, 4.69) is 23.5 Å². The lowest BCUT2D eigenvalue weighted by molar-refractivity contribution is 0.357. The maximum Gasteiger partial charge on any atom is 0.124 e. The van der Waals surface area contributed by atoms with E-state index >= 15 is 0 Å². The summed E-state index contributed by atoms with van der Waals surface area (Å²) < 4.78 is 5.57. The number of ether oxygens (including phenoxy) is 1. The molecule has 2 nitrogen and oxygen atoms in total. The van der Waals surface area contributed by atoms with Gasteiger partial charge < -0.3 is 10.1 Å². The molecule has 1 aromatic carbocycles. The van der Waals surface area contributed by atoms with E-state index in [0.29, 0.717) is 0 Å². The second-order valence-electron chi connectivity index (χ2n) is 4.95. The predicted octanol–water partition coefficient (Wildman–Crippen LogP) is 3.22. The van der Waals surface area contributed by atoms with Crippen molar-refractivity contribution in [3.8, 4) is 5.75 Å². The molecule has 0 saturated heterocycles. The minimum Gasteiger partial charge on any atom is -0.493 e. The first-order chi connectivity index (χ1) is 7.92. The molecule has 0 atom stereocenters. The summed E-state index contributed by atoms with van der Waals surface area (Å²) in [4.78, 5) is 0. The fraction of sp³-hybridized carbons (Fsp3) is 0.571. The Balaban J connectivity index is 1.61. The summed E-state index contributed by atoms with van der Waals surface area (Å²) in [5.41, 5.74) is 2.57. The highest BCUT2D eigenvalue weighted by molar-refractivity contribution is 5.53. The molecule has 0 unspecified atom stereocenters. The van der Waals surface area contributed by atoms with Crippen molar-refractivity contribution in [1.29, 1.82) is 0 Å². The van der Waals surface area contributed by atoms with Crippen molar-refractivity contribution < 1.29 is 4.74 Å². The molecule has 3 rings (SSSR count). The zero-order valence-electron chi connectivity index (χ0n) is 9.67. The monoisotopic (exact) mass is 217 g/mol. The predicted molar refractivity (Wildman–Crippen MR) is 66.1 cm³/mol. The van der Waals surface area contributed by atoms with Crippen LogP contribution in [0.4, 0.5) is 5.69 Å². The molecule has 0 radical (unpaired) electrons. The van der Waals surface area contributed by atoms with Gasteiger partial charge in [-0.15, -0.1) is 0 Å². The van der Waals surface area contributed by atoms with Gasteiger partial charge in [0.05, 0.1) is 6.61 Å². The van der Waals surface area contributed by atoms with Crippen LogP contribution in [0.2, 0.25) is 0 Å². The molecule has 0 spiro atoms. The lowest BCUT2D eigenvalue weighted by Crippen LogP contribution is -2.10. The minimum absolute atomic E-state index is 0.849. The van der Waals surface area contributed by atoms with Crippen molar-refractivity contribution in [3.63, 3.8) is 0 Å². The number of fused-ring (bicyclic) bond motifs is 1. The van der Waals surface area contributed by atoms with E-state index in [4.69, 9.17) is 4.74 Å². The van der Waals surface area contributed by atoms with Crippen LogP contribution in [0, 0.1) is 5.92 Å². The van der Waals surface area contributed by atoms with E-state index in [9.17, 15) is 0 Å². The van der Waals surface area contributed by atoms with E-state index in [1.165, 1.54) is 36.9 Å². The Morgan fingerprint density at radius 2 is 2.12 bits per heavy atom. The first kappa shape index (κ1) is 10.0. The number of nitrogens with one attached hydrogen (secondary N) is 1. The highest BCUT2D eigenvalue weighted by Crippen LogP contribution is 2.29. The Morgan fingerprint density at radius 1 is 1.25 bits per heavy atom. The average Bonchev–Trinajstić information content (AvgIpc) is 2.97. The van der Waals surface area contributed by atoms with Crippen molar-refractivity contribution in [2.75, 3.05) is 18.5 Å². The van der Waals surface area contributed by atoms with Crippen LogP contribution >= 0.6 is 0 Å². The third kappa shape index (κ3) is 2.01. The summed E-state index contributed by atoms with van der Waals surface area (Å²) in [5.74, 6) is 1.96. The van der Waals surface area contributed by atoms with Crippen LogP contribution in [0.1, 0.15) is 31.2 Å². The fourth-order valence-corrected chi connectivity index (χ4v) is 2.75. The molecular weight excluding hydrogens is 198 g/mol. The molecular formula is C14H19NO. The molecule has 1 aromatic rings. The van der Waals surface area contributed by atoms with Gasteiger partial charge in [0.2, 0.25) is 0 Å². The summed E-state index contributed by atoms with van der Waals surface area (Å²) in [5, 5.41) is 3.54. The van der Waals surface area contributed by atoms with E-state index in [0.717, 1.165) is 31.2 Å². The highest BCUT2D eigenvalue weighted by atomic mass is 16.5. The molecule has 0 aromatic heterocycles. The third-order valence-corrected chi connectivity index (χ3v) is 3.77. The van der Waals surface area contributed by atoms with Gasteiger partial charge in [-0.05, 0) is 30.4 Å². The summed E-state index contributed by atoms with van der Waals surface area (Å²) in [7, 11) is 0. The quantitative estimate of drug-likeness (QED) is 0.839. The first-order valence-electron chi connectivity index (χ1n) is 6.41. The molecule has 1 fully saturated rings. The van der Waals surface area contributed by atoms with Gasteiger partial charge in [0.1, 0.15) is 5.75 Å². The molecule has 1 heterocycles. The Labute approximate surface area is 97.0 Å². The first-order valence-corrected chi connectivity index (χ1v) is 6.41. The van der Waals surface area contributed by atoms with Crippen LogP contribution in [0.15, 0.2) is 18.2 Å². The van der Waals surface area contributed by atoms with Gasteiger partial charge in [0, 0.05) is 24.7 Å². The van der Waals surface area contributed by atoms with Gasteiger partial charge in [-0.3, -0.25) is 0 Å². The molecule has 0 bridgehead atoms. The molecule has 1 aliphatic carbocycles. The Kier molecular flexibility index (Phi) is 2.73. The molecule has 86 valence electrons. The van der Waals surface area contributed by atoms with Crippen LogP contribution in [-0.4, -0.2) is 13.2 Å². The van der Waals surface area contributed by atoms with Crippen molar-refractivity contribution >= 4 is 5.69 Å². The smallest absolute Gasteiger partial charge is 0.124 e. The van der Waals surface area contributed by atoms with E-state index in [1.54, 1.807) is 0 Å². The van der Waals surface area contributed by atoms with Gasteiger partial charge in [0.25, 0.3) is 0 Å². The lowest BCUT2D eigenvalue weighted by Gasteiger charge is -2.12. The summed E-state index contributed by atoms with van der Waals surface area (Å²) >= 11 is 0. The molecule has 1 N–H and O–H groups in total.